The van der Waals surface area contributed by atoms with Crippen molar-refractivity contribution in [2.24, 2.45) is 0 Å². The molecule has 4 heteroatoms. The highest BCUT2D eigenvalue weighted by Crippen LogP contribution is 2.17. The maximum absolute atomic E-state index is 12.2. The van der Waals surface area contributed by atoms with Crippen LogP contribution in [-0.4, -0.2) is 32.5 Å². The van der Waals surface area contributed by atoms with E-state index < -0.39 is 0 Å². The zero-order chi connectivity index (χ0) is 17.2. The van der Waals surface area contributed by atoms with Crippen LogP contribution in [0.3, 0.4) is 0 Å². The minimum Gasteiger partial charge on any atom is -0.353 e. The largest absolute Gasteiger partial charge is 0.353 e. The van der Waals surface area contributed by atoms with Gasteiger partial charge < -0.3 is 14.4 Å². The number of carbonyl (C=O) groups is 1. The molecule has 1 atom stereocenters. The fourth-order valence-electron chi connectivity index (χ4n) is 2.89. The van der Waals surface area contributed by atoms with E-state index in [0.29, 0.717) is 13.0 Å². The molecule has 1 aliphatic heterocycles. The average Bonchev–Trinajstić information content (AvgIpc) is 3.12. The van der Waals surface area contributed by atoms with E-state index in [1.807, 2.05) is 19.2 Å². The molecule has 1 aromatic rings. The maximum Gasteiger partial charge on any atom is 0.226 e. The summed E-state index contributed by atoms with van der Waals surface area (Å²) in [6.07, 6.45) is 8.11. The highest BCUT2D eigenvalue weighted by Gasteiger charge is 2.15. The van der Waals surface area contributed by atoms with Crippen LogP contribution in [0.5, 0.6) is 0 Å². The Hall–Kier alpha value is -1.39. The first-order valence-electron chi connectivity index (χ1n) is 9.29. The number of hydrogen-bond donors (Lipinski definition) is 0. The standard InChI is InChI=1S/C20H31NO3/c1-3-4-5-6-8-19(22)21(2)18-12-10-17(11-13-18)14-16-24-20-9-7-15-23-20/h10-13,20H,3-9,14-16H2,1-2H3. The molecule has 134 valence electrons. The van der Waals surface area contributed by atoms with Gasteiger partial charge >= 0.3 is 0 Å². The van der Waals surface area contributed by atoms with Crippen LogP contribution in [0.15, 0.2) is 24.3 Å². The van der Waals surface area contributed by atoms with Gasteiger partial charge in [-0.15, -0.1) is 0 Å². The normalized spacial score (nSPS) is 17.2. The third-order valence-corrected chi connectivity index (χ3v) is 4.52. The molecule has 0 bridgehead atoms. The Kier molecular flexibility index (Phi) is 8.26. The van der Waals surface area contributed by atoms with Crippen LogP contribution in [0.4, 0.5) is 5.69 Å². The molecule has 1 heterocycles. The van der Waals surface area contributed by atoms with E-state index in [1.165, 1.54) is 18.4 Å². The fraction of sp³-hybridized carbons (Fsp3) is 0.650. The van der Waals surface area contributed by atoms with Gasteiger partial charge in [0, 0.05) is 32.2 Å². The molecule has 2 rings (SSSR count). The topological polar surface area (TPSA) is 38.8 Å². The highest BCUT2D eigenvalue weighted by molar-refractivity contribution is 5.92. The van der Waals surface area contributed by atoms with Gasteiger partial charge in [-0.3, -0.25) is 4.79 Å². The number of nitrogens with zero attached hydrogens (tertiary/aromatic N) is 1. The fourth-order valence-corrected chi connectivity index (χ4v) is 2.89. The molecule has 4 nitrogen and oxygen atoms in total. The summed E-state index contributed by atoms with van der Waals surface area (Å²) in [4.78, 5) is 14.0. The Morgan fingerprint density at radius 3 is 2.71 bits per heavy atom. The minimum atomic E-state index is -0.0132. The van der Waals surface area contributed by atoms with Gasteiger partial charge in [-0.1, -0.05) is 38.3 Å². The van der Waals surface area contributed by atoms with E-state index in [2.05, 4.69) is 19.1 Å². The number of ether oxygens (including phenoxy) is 2. The van der Waals surface area contributed by atoms with E-state index in [4.69, 9.17) is 9.47 Å². The Labute approximate surface area is 146 Å². The molecule has 1 aromatic carbocycles. The first-order chi connectivity index (χ1) is 11.7. The predicted molar refractivity (Wildman–Crippen MR) is 97.2 cm³/mol. The zero-order valence-electron chi connectivity index (χ0n) is 15.1. The van der Waals surface area contributed by atoms with E-state index >= 15 is 0 Å². The van der Waals surface area contributed by atoms with Crippen LogP contribution in [0.25, 0.3) is 0 Å². The molecule has 1 fully saturated rings. The van der Waals surface area contributed by atoms with Crippen molar-refractivity contribution in [2.75, 3.05) is 25.2 Å². The van der Waals surface area contributed by atoms with Crippen molar-refractivity contribution in [3.63, 3.8) is 0 Å². The Balaban J connectivity index is 1.72. The molecular formula is C20H31NO3. The summed E-state index contributed by atoms with van der Waals surface area (Å²) < 4.78 is 11.1. The van der Waals surface area contributed by atoms with Gasteiger partial charge in [-0.05, 0) is 37.0 Å². The lowest BCUT2D eigenvalue weighted by Gasteiger charge is -2.18. The number of amides is 1. The minimum absolute atomic E-state index is 0.0132. The van der Waals surface area contributed by atoms with Crippen LogP contribution in [0.2, 0.25) is 0 Å². The predicted octanol–water partition coefficient (Wildman–Crippen LogP) is 4.32. The van der Waals surface area contributed by atoms with Crippen molar-refractivity contribution < 1.29 is 14.3 Å². The van der Waals surface area contributed by atoms with Gasteiger partial charge in [-0.2, -0.15) is 0 Å². The van der Waals surface area contributed by atoms with Gasteiger partial charge in [-0.25, -0.2) is 0 Å². The quantitative estimate of drug-likeness (QED) is 0.599. The second-order valence-electron chi connectivity index (χ2n) is 6.49. The highest BCUT2D eigenvalue weighted by atomic mass is 16.7. The van der Waals surface area contributed by atoms with Crippen molar-refractivity contribution in [1.82, 2.24) is 0 Å². The van der Waals surface area contributed by atoms with Crippen molar-refractivity contribution in [3.05, 3.63) is 29.8 Å². The Morgan fingerprint density at radius 1 is 1.25 bits per heavy atom. The lowest BCUT2D eigenvalue weighted by atomic mass is 10.1. The summed E-state index contributed by atoms with van der Waals surface area (Å²) in [5.74, 6) is 0.195. The monoisotopic (exact) mass is 333 g/mol. The maximum atomic E-state index is 12.2. The SMILES string of the molecule is CCCCCCC(=O)N(C)c1ccc(CCOC2CCCO2)cc1. The molecule has 1 amide bonds. The number of rotatable bonds is 10. The molecule has 0 aliphatic carbocycles. The van der Waals surface area contributed by atoms with Crippen molar-refractivity contribution in [2.45, 2.75) is 64.6 Å². The lowest BCUT2D eigenvalue weighted by Crippen LogP contribution is -2.25. The van der Waals surface area contributed by atoms with Gasteiger partial charge in [0.1, 0.15) is 0 Å². The molecule has 0 radical (unpaired) electrons. The summed E-state index contributed by atoms with van der Waals surface area (Å²) >= 11 is 0. The van der Waals surface area contributed by atoms with Crippen LogP contribution < -0.4 is 4.90 Å². The van der Waals surface area contributed by atoms with Crippen LogP contribution in [0.1, 0.15) is 57.4 Å². The summed E-state index contributed by atoms with van der Waals surface area (Å²) in [6, 6.07) is 8.20. The van der Waals surface area contributed by atoms with Crippen molar-refractivity contribution in [3.8, 4) is 0 Å². The van der Waals surface area contributed by atoms with Gasteiger partial charge in [0.15, 0.2) is 6.29 Å². The number of unbranched alkanes of at least 4 members (excludes halogenated alkanes) is 3. The third-order valence-electron chi connectivity index (χ3n) is 4.52. The molecule has 0 saturated carbocycles. The number of anilines is 1. The zero-order valence-corrected chi connectivity index (χ0v) is 15.1. The molecular weight excluding hydrogens is 302 g/mol. The van der Waals surface area contributed by atoms with E-state index in [0.717, 1.165) is 44.4 Å². The number of benzene rings is 1. The van der Waals surface area contributed by atoms with Crippen LogP contribution in [0, 0.1) is 0 Å². The summed E-state index contributed by atoms with van der Waals surface area (Å²) in [7, 11) is 1.86. The number of hydrogen-bond acceptors (Lipinski definition) is 3. The molecule has 0 spiro atoms. The molecule has 1 saturated heterocycles. The Bertz CT molecular complexity index is 480. The summed E-state index contributed by atoms with van der Waals surface area (Å²) in [6.45, 7) is 3.68. The third kappa shape index (κ3) is 6.25. The van der Waals surface area contributed by atoms with Gasteiger partial charge in [0.25, 0.3) is 0 Å². The lowest BCUT2D eigenvalue weighted by molar-refractivity contribution is -0.118. The van der Waals surface area contributed by atoms with Crippen molar-refractivity contribution >= 4 is 11.6 Å². The molecule has 0 N–H and O–H groups in total. The van der Waals surface area contributed by atoms with Crippen LogP contribution in [-0.2, 0) is 20.7 Å². The second-order valence-corrected chi connectivity index (χ2v) is 6.49. The smallest absolute Gasteiger partial charge is 0.226 e. The molecule has 1 unspecified atom stereocenters. The summed E-state index contributed by atoms with van der Waals surface area (Å²) in [5.41, 5.74) is 2.18. The summed E-state index contributed by atoms with van der Waals surface area (Å²) in [5, 5.41) is 0. The Morgan fingerprint density at radius 2 is 2.04 bits per heavy atom. The van der Waals surface area contributed by atoms with Gasteiger partial charge in [0.05, 0.1) is 6.61 Å². The van der Waals surface area contributed by atoms with E-state index in [-0.39, 0.29) is 12.2 Å². The first kappa shape index (κ1) is 18.9. The van der Waals surface area contributed by atoms with Crippen LogP contribution >= 0.6 is 0 Å². The van der Waals surface area contributed by atoms with E-state index in [9.17, 15) is 4.79 Å². The number of carbonyl (C=O) groups excluding carboxylic acids is 1. The van der Waals surface area contributed by atoms with Gasteiger partial charge in [0.2, 0.25) is 5.91 Å². The molecule has 1 aliphatic rings. The van der Waals surface area contributed by atoms with E-state index in [1.54, 1.807) is 4.90 Å². The average molecular weight is 333 g/mol. The molecule has 0 aromatic heterocycles. The van der Waals surface area contributed by atoms with Crippen molar-refractivity contribution in [1.29, 1.82) is 0 Å². The molecule has 24 heavy (non-hydrogen) atoms. The second kappa shape index (κ2) is 10.5. The first-order valence-corrected chi connectivity index (χ1v) is 9.29.